The molecule has 2 N–H and O–H groups in total. The predicted octanol–water partition coefficient (Wildman–Crippen LogP) is 2.70. The maximum atomic E-state index is 9.44. The van der Waals surface area contributed by atoms with Gasteiger partial charge in [0, 0.05) is 39.3 Å². The number of nitrogens with one attached hydrogen (secondary N) is 1. The smallest absolute Gasteiger partial charge is 0.131 e. The molecule has 24 heavy (non-hydrogen) atoms. The van der Waals surface area contributed by atoms with Crippen molar-refractivity contribution in [1.82, 2.24) is 15.1 Å². The summed E-state index contributed by atoms with van der Waals surface area (Å²) in [7, 11) is 4.13. The highest BCUT2D eigenvalue weighted by molar-refractivity contribution is 5.49. The molecule has 0 bridgehead atoms. The fraction of sp³-hybridized carbons (Fsp3) is 0.526. The zero-order chi connectivity index (χ0) is 17.7. The van der Waals surface area contributed by atoms with E-state index in [1.54, 1.807) is 0 Å². The van der Waals surface area contributed by atoms with Gasteiger partial charge in [-0.25, -0.2) is 4.68 Å². The molecule has 0 saturated carbocycles. The Bertz CT molecular complexity index is 661. The van der Waals surface area contributed by atoms with Crippen LogP contribution in [0, 0.1) is 12.8 Å². The number of aliphatic hydroxyl groups is 1. The van der Waals surface area contributed by atoms with Gasteiger partial charge in [0.05, 0.1) is 12.3 Å². The molecule has 5 nitrogen and oxygen atoms in total. The number of nitrogens with zero attached hydrogens (tertiary/aromatic N) is 3. The first-order valence-electron chi connectivity index (χ1n) is 8.56. The number of aliphatic hydroxyl groups excluding tert-OH is 1. The van der Waals surface area contributed by atoms with Crippen LogP contribution in [0.2, 0.25) is 0 Å². The van der Waals surface area contributed by atoms with Crippen LogP contribution in [0.15, 0.2) is 24.3 Å². The maximum absolute atomic E-state index is 9.44. The number of aromatic nitrogens is 2. The van der Waals surface area contributed by atoms with Crippen LogP contribution in [0.1, 0.15) is 36.2 Å². The Kier molecular flexibility index (Phi) is 6.40. The summed E-state index contributed by atoms with van der Waals surface area (Å²) in [6, 6.07) is 7.99. The molecule has 0 unspecified atom stereocenters. The summed E-state index contributed by atoms with van der Waals surface area (Å²) in [4.78, 5) is 2.14. The van der Waals surface area contributed by atoms with Crippen molar-refractivity contribution in [2.75, 3.05) is 19.0 Å². The van der Waals surface area contributed by atoms with Crippen molar-refractivity contribution in [2.45, 2.75) is 47.0 Å². The largest absolute Gasteiger partial charge is 0.392 e. The highest BCUT2D eigenvalue weighted by Gasteiger charge is 2.17. The Labute approximate surface area is 145 Å². The first-order valence-corrected chi connectivity index (χ1v) is 8.56. The van der Waals surface area contributed by atoms with E-state index in [4.69, 9.17) is 5.10 Å². The zero-order valence-electron chi connectivity index (χ0n) is 15.5. The average Bonchev–Trinajstić information content (AvgIpc) is 2.82. The molecule has 0 saturated heterocycles. The van der Waals surface area contributed by atoms with Gasteiger partial charge in [0.2, 0.25) is 0 Å². The van der Waals surface area contributed by atoms with Crippen molar-refractivity contribution in [3.05, 3.63) is 46.6 Å². The van der Waals surface area contributed by atoms with Crippen LogP contribution in [0.4, 0.5) is 5.82 Å². The molecule has 5 heteroatoms. The minimum Gasteiger partial charge on any atom is -0.392 e. The zero-order valence-corrected chi connectivity index (χ0v) is 15.5. The fourth-order valence-corrected chi connectivity index (χ4v) is 2.99. The number of rotatable bonds is 8. The lowest BCUT2D eigenvalue weighted by Gasteiger charge is -2.19. The Morgan fingerprint density at radius 1 is 1.17 bits per heavy atom. The summed E-state index contributed by atoms with van der Waals surface area (Å²) in [5, 5.41) is 17.7. The standard InChI is InChI=1S/C19H30N4O/c1-14(2)12-23-19(22(4)5)18(15(3)21-23)11-20-10-16-8-6-7-9-17(16)13-24/h6-9,14,20,24H,10-13H2,1-5H3. The molecule has 0 spiro atoms. The van der Waals surface area contributed by atoms with E-state index in [0.29, 0.717) is 5.92 Å². The number of hydrogen-bond acceptors (Lipinski definition) is 4. The van der Waals surface area contributed by atoms with Gasteiger partial charge < -0.3 is 15.3 Å². The Morgan fingerprint density at radius 2 is 1.83 bits per heavy atom. The van der Waals surface area contributed by atoms with Gasteiger partial charge in [-0.1, -0.05) is 38.1 Å². The van der Waals surface area contributed by atoms with Gasteiger partial charge in [-0.3, -0.25) is 0 Å². The molecule has 0 aliphatic rings. The van der Waals surface area contributed by atoms with E-state index in [0.717, 1.165) is 36.5 Å². The van der Waals surface area contributed by atoms with Gasteiger partial charge in [0.15, 0.2) is 0 Å². The van der Waals surface area contributed by atoms with Gasteiger partial charge in [0.25, 0.3) is 0 Å². The second-order valence-electron chi connectivity index (χ2n) is 6.89. The molecule has 0 atom stereocenters. The normalized spacial score (nSPS) is 11.3. The van der Waals surface area contributed by atoms with E-state index in [-0.39, 0.29) is 6.61 Å². The fourth-order valence-electron chi connectivity index (χ4n) is 2.99. The Balaban J connectivity index is 2.13. The molecule has 0 aliphatic heterocycles. The van der Waals surface area contributed by atoms with Crippen LogP contribution >= 0.6 is 0 Å². The minimum atomic E-state index is 0.0755. The molecule has 1 aromatic carbocycles. The van der Waals surface area contributed by atoms with E-state index in [2.05, 4.69) is 55.8 Å². The second kappa shape index (κ2) is 8.31. The molecule has 0 radical (unpaired) electrons. The lowest BCUT2D eigenvalue weighted by molar-refractivity contribution is 0.280. The highest BCUT2D eigenvalue weighted by atomic mass is 16.3. The molecular formula is C19H30N4O. The van der Waals surface area contributed by atoms with Crippen molar-refractivity contribution < 1.29 is 5.11 Å². The van der Waals surface area contributed by atoms with Gasteiger partial charge in [0.1, 0.15) is 5.82 Å². The Morgan fingerprint density at radius 3 is 2.42 bits per heavy atom. The molecule has 1 aromatic heterocycles. The highest BCUT2D eigenvalue weighted by Crippen LogP contribution is 2.23. The molecule has 0 aliphatic carbocycles. The summed E-state index contributed by atoms with van der Waals surface area (Å²) in [5.41, 5.74) is 4.42. The van der Waals surface area contributed by atoms with Crippen LogP contribution in [0.25, 0.3) is 0 Å². The minimum absolute atomic E-state index is 0.0755. The van der Waals surface area contributed by atoms with E-state index < -0.39 is 0 Å². The van der Waals surface area contributed by atoms with Crippen molar-refractivity contribution in [1.29, 1.82) is 0 Å². The third-order valence-corrected chi connectivity index (χ3v) is 4.09. The van der Waals surface area contributed by atoms with Crippen molar-refractivity contribution in [3.63, 3.8) is 0 Å². The molecule has 2 rings (SSSR count). The Hall–Kier alpha value is -1.85. The maximum Gasteiger partial charge on any atom is 0.131 e. The number of hydrogen-bond donors (Lipinski definition) is 2. The first-order chi connectivity index (χ1) is 11.4. The molecule has 132 valence electrons. The third kappa shape index (κ3) is 4.36. The van der Waals surface area contributed by atoms with Crippen molar-refractivity contribution in [3.8, 4) is 0 Å². The van der Waals surface area contributed by atoms with Crippen LogP contribution < -0.4 is 10.2 Å². The van der Waals surface area contributed by atoms with Gasteiger partial charge in [-0.05, 0) is 24.0 Å². The quantitative estimate of drug-likeness (QED) is 0.781. The second-order valence-corrected chi connectivity index (χ2v) is 6.89. The first kappa shape index (κ1) is 18.5. The van der Waals surface area contributed by atoms with Crippen LogP contribution in [0.5, 0.6) is 0 Å². The van der Waals surface area contributed by atoms with E-state index in [9.17, 15) is 5.11 Å². The predicted molar refractivity (Wildman–Crippen MR) is 99.0 cm³/mol. The van der Waals surface area contributed by atoms with Crippen LogP contribution in [-0.2, 0) is 26.2 Å². The average molecular weight is 330 g/mol. The summed E-state index contributed by atoms with van der Waals surface area (Å²) in [5.74, 6) is 1.73. The number of aryl methyl sites for hydroxylation is 1. The molecule has 1 heterocycles. The molecular weight excluding hydrogens is 300 g/mol. The van der Waals surface area contributed by atoms with Crippen LogP contribution in [0.3, 0.4) is 0 Å². The lowest BCUT2D eigenvalue weighted by atomic mass is 10.1. The van der Waals surface area contributed by atoms with E-state index >= 15 is 0 Å². The van der Waals surface area contributed by atoms with E-state index in [1.165, 1.54) is 11.4 Å². The SMILES string of the molecule is Cc1nn(CC(C)C)c(N(C)C)c1CNCc1ccccc1CO. The van der Waals surface area contributed by atoms with Crippen molar-refractivity contribution in [2.24, 2.45) is 5.92 Å². The van der Waals surface area contributed by atoms with Gasteiger partial charge in [-0.15, -0.1) is 0 Å². The summed E-state index contributed by atoms with van der Waals surface area (Å²) < 4.78 is 2.11. The summed E-state index contributed by atoms with van der Waals surface area (Å²) in [6.07, 6.45) is 0. The number of anilines is 1. The monoisotopic (exact) mass is 330 g/mol. The lowest BCUT2D eigenvalue weighted by Crippen LogP contribution is -2.21. The third-order valence-electron chi connectivity index (χ3n) is 4.09. The molecule has 0 fully saturated rings. The summed E-state index contributed by atoms with van der Waals surface area (Å²) in [6.45, 7) is 8.98. The van der Waals surface area contributed by atoms with Gasteiger partial charge in [-0.2, -0.15) is 5.10 Å². The van der Waals surface area contributed by atoms with Crippen LogP contribution in [-0.4, -0.2) is 29.0 Å². The van der Waals surface area contributed by atoms with E-state index in [1.807, 2.05) is 18.2 Å². The van der Waals surface area contributed by atoms with Crippen molar-refractivity contribution >= 4 is 5.82 Å². The topological polar surface area (TPSA) is 53.3 Å². The molecule has 0 amide bonds. The summed E-state index contributed by atoms with van der Waals surface area (Å²) >= 11 is 0. The van der Waals surface area contributed by atoms with Gasteiger partial charge >= 0.3 is 0 Å². The number of benzene rings is 1. The molecule has 2 aromatic rings.